The summed E-state index contributed by atoms with van der Waals surface area (Å²) >= 11 is 0. The van der Waals surface area contributed by atoms with Crippen LogP contribution in [0.2, 0.25) is 0 Å². The van der Waals surface area contributed by atoms with E-state index in [1.165, 1.54) is 25.3 Å². The zero-order chi connectivity index (χ0) is 13.1. The number of nitrogens with one attached hydrogen (secondary N) is 1. The van der Waals surface area contributed by atoms with Crippen LogP contribution in [-0.2, 0) is 0 Å². The van der Waals surface area contributed by atoms with E-state index in [1.54, 1.807) is 0 Å². The van der Waals surface area contributed by atoms with Crippen LogP contribution in [0.25, 0.3) is 0 Å². The van der Waals surface area contributed by atoms with Crippen LogP contribution < -0.4 is 14.7 Å². The lowest BCUT2D eigenvalue weighted by atomic mass is 10.1. The molecule has 0 spiro atoms. The molecule has 1 amide bonds. The molecule has 0 heterocycles. The fourth-order valence-electron chi connectivity index (χ4n) is 1.52. The average molecular weight is 251 g/mol. The Morgan fingerprint density at radius 1 is 1.39 bits per heavy atom. The van der Waals surface area contributed by atoms with Gasteiger partial charge in [0.15, 0.2) is 5.75 Å². The lowest BCUT2D eigenvalue weighted by Crippen LogP contribution is -2.25. The molecule has 1 aromatic carbocycles. The third-order valence-corrected chi connectivity index (χ3v) is 2.57. The summed E-state index contributed by atoms with van der Waals surface area (Å²) in [6.07, 6.45) is 2.03. The highest BCUT2D eigenvalue weighted by atomic mass is 16.6. The summed E-state index contributed by atoms with van der Waals surface area (Å²) in [5.74, 6) is 0.258. The van der Waals surface area contributed by atoms with Gasteiger partial charge in [0.25, 0.3) is 5.91 Å². The Morgan fingerprint density at radius 2 is 2.11 bits per heavy atom. The van der Waals surface area contributed by atoms with Gasteiger partial charge in [-0.05, 0) is 31.0 Å². The number of amides is 1. The molecule has 3 N–H and O–H groups in total. The van der Waals surface area contributed by atoms with Gasteiger partial charge in [0.2, 0.25) is 0 Å². The molecular weight excluding hydrogens is 237 g/mol. The van der Waals surface area contributed by atoms with Crippen molar-refractivity contribution in [2.45, 2.75) is 18.9 Å². The largest absolute Gasteiger partial charge is 0.707 e. The predicted molar refractivity (Wildman–Crippen MR) is 64.3 cm³/mol. The fraction of sp³-hybridized carbons (Fsp3) is 0.364. The van der Waals surface area contributed by atoms with E-state index in [-0.39, 0.29) is 23.4 Å². The van der Waals surface area contributed by atoms with Crippen molar-refractivity contribution in [3.63, 3.8) is 0 Å². The first-order valence-corrected chi connectivity index (χ1v) is 5.62. The summed E-state index contributed by atoms with van der Waals surface area (Å²) in [7, 11) is -0.515. The molecule has 1 aromatic rings. The maximum absolute atomic E-state index is 11.8. The van der Waals surface area contributed by atoms with Crippen LogP contribution in [0.15, 0.2) is 18.2 Å². The third-order valence-electron chi connectivity index (χ3n) is 2.57. The molecule has 0 radical (unpaired) electrons. The first-order chi connectivity index (χ1) is 8.60. The number of methoxy groups -OCH3 is 1. The smallest absolute Gasteiger partial charge is 0.509 e. The minimum absolute atomic E-state index is 0.162. The Bertz CT molecular complexity index is 447. The second-order valence-corrected chi connectivity index (χ2v) is 4.06. The van der Waals surface area contributed by atoms with Crippen LogP contribution in [0.4, 0.5) is 0 Å². The van der Waals surface area contributed by atoms with Crippen molar-refractivity contribution < 1.29 is 24.2 Å². The first kappa shape index (κ1) is 12.7. The molecule has 1 aliphatic carbocycles. The molecular formula is C11H14BNO5. The lowest BCUT2D eigenvalue weighted by Gasteiger charge is -2.11. The maximum atomic E-state index is 11.8. The van der Waals surface area contributed by atoms with Crippen molar-refractivity contribution in [2.75, 3.05) is 7.11 Å². The normalized spacial score (nSPS) is 13.9. The van der Waals surface area contributed by atoms with Gasteiger partial charge in [-0.2, -0.15) is 0 Å². The highest BCUT2D eigenvalue weighted by Crippen LogP contribution is 2.28. The van der Waals surface area contributed by atoms with E-state index in [4.69, 9.17) is 19.4 Å². The van der Waals surface area contributed by atoms with Gasteiger partial charge in [0, 0.05) is 11.6 Å². The second-order valence-electron chi connectivity index (χ2n) is 4.06. The number of carbonyl (C=O) groups is 1. The Balaban J connectivity index is 2.14. The van der Waals surface area contributed by atoms with E-state index < -0.39 is 7.32 Å². The van der Waals surface area contributed by atoms with Crippen LogP contribution in [0, 0.1) is 0 Å². The van der Waals surface area contributed by atoms with Crippen LogP contribution in [-0.4, -0.2) is 36.4 Å². The molecule has 7 heteroatoms. The van der Waals surface area contributed by atoms with Crippen molar-refractivity contribution in [3.05, 3.63) is 23.8 Å². The molecule has 1 fully saturated rings. The molecule has 0 saturated heterocycles. The Kier molecular flexibility index (Phi) is 3.73. The zero-order valence-corrected chi connectivity index (χ0v) is 9.92. The first-order valence-electron chi connectivity index (χ1n) is 5.62. The van der Waals surface area contributed by atoms with E-state index >= 15 is 0 Å². The van der Waals surface area contributed by atoms with Crippen molar-refractivity contribution in [1.29, 1.82) is 0 Å². The standard InChI is InChI=1S/C11H14BNO5/c1-17-10-6-7(11(14)13-8-3-4-8)2-5-9(10)18-12(15)16/h2,5-6,8,15-16H,3-4H2,1H3,(H,13,14). The number of benzene rings is 1. The Hall–Kier alpha value is -1.73. The van der Waals surface area contributed by atoms with Crippen molar-refractivity contribution in [2.24, 2.45) is 0 Å². The van der Waals surface area contributed by atoms with Gasteiger partial charge in [0.05, 0.1) is 7.11 Å². The van der Waals surface area contributed by atoms with E-state index in [0.717, 1.165) is 12.8 Å². The minimum atomic E-state index is -1.93. The van der Waals surface area contributed by atoms with Crippen molar-refractivity contribution >= 4 is 13.2 Å². The molecule has 2 rings (SSSR count). The summed E-state index contributed by atoms with van der Waals surface area (Å²) in [4.78, 5) is 11.8. The van der Waals surface area contributed by atoms with Crippen LogP contribution in [0.1, 0.15) is 23.2 Å². The second kappa shape index (κ2) is 5.28. The van der Waals surface area contributed by atoms with Crippen LogP contribution in [0.5, 0.6) is 11.5 Å². The highest BCUT2D eigenvalue weighted by molar-refractivity contribution is 6.33. The van der Waals surface area contributed by atoms with Crippen molar-refractivity contribution in [1.82, 2.24) is 5.32 Å². The molecule has 1 aliphatic rings. The maximum Gasteiger partial charge on any atom is 0.707 e. The Labute approximate surface area is 105 Å². The Morgan fingerprint density at radius 3 is 2.67 bits per heavy atom. The summed E-state index contributed by atoms with van der Waals surface area (Å²) in [5, 5.41) is 20.3. The quantitative estimate of drug-likeness (QED) is 0.638. The van der Waals surface area contributed by atoms with E-state index in [2.05, 4.69) is 5.32 Å². The summed E-state index contributed by atoms with van der Waals surface area (Å²) in [6, 6.07) is 4.77. The molecule has 0 atom stereocenters. The predicted octanol–water partition coefficient (Wildman–Crippen LogP) is -0.0643. The molecule has 0 aromatic heterocycles. The third kappa shape index (κ3) is 3.15. The molecule has 96 valence electrons. The molecule has 18 heavy (non-hydrogen) atoms. The van der Waals surface area contributed by atoms with Gasteiger partial charge in [0.1, 0.15) is 5.75 Å². The molecule has 6 nitrogen and oxygen atoms in total. The topological polar surface area (TPSA) is 88.0 Å². The number of carbonyl (C=O) groups excluding carboxylic acids is 1. The van der Waals surface area contributed by atoms with E-state index in [1.807, 2.05) is 0 Å². The average Bonchev–Trinajstić information content (AvgIpc) is 3.12. The van der Waals surface area contributed by atoms with Gasteiger partial charge in [-0.15, -0.1) is 0 Å². The number of rotatable bonds is 5. The minimum Gasteiger partial charge on any atom is -0.509 e. The molecule has 0 bridgehead atoms. The van der Waals surface area contributed by atoms with Gasteiger partial charge in [-0.1, -0.05) is 0 Å². The molecule has 0 unspecified atom stereocenters. The highest BCUT2D eigenvalue weighted by Gasteiger charge is 2.24. The zero-order valence-electron chi connectivity index (χ0n) is 9.92. The van der Waals surface area contributed by atoms with Gasteiger partial charge in [-0.25, -0.2) is 0 Å². The van der Waals surface area contributed by atoms with Gasteiger partial charge >= 0.3 is 7.32 Å². The van der Waals surface area contributed by atoms with E-state index in [0.29, 0.717) is 5.56 Å². The molecule has 0 aliphatic heterocycles. The van der Waals surface area contributed by atoms with Crippen molar-refractivity contribution in [3.8, 4) is 11.5 Å². The number of hydrogen-bond acceptors (Lipinski definition) is 5. The summed E-state index contributed by atoms with van der Waals surface area (Å²) in [6.45, 7) is 0. The van der Waals surface area contributed by atoms with Crippen LogP contribution in [0.3, 0.4) is 0 Å². The fourth-order valence-corrected chi connectivity index (χ4v) is 1.52. The number of hydrogen-bond donors (Lipinski definition) is 3. The summed E-state index contributed by atoms with van der Waals surface area (Å²) < 4.78 is 9.75. The number of ether oxygens (including phenoxy) is 1. The van der Waals surface area contributed by atoms with Gasteiger partial charge in [-0.3, -0.25) is 4.79 Å². The summed E-state index contributed by atoms with van der Waals surface area (Å²) in [5.41, 5.74) is 0.443. The lowest BCUT2D eigenvalue weighted by molar-refractivity contribution is 0.0950. The molecule has 1 saturated carbocycles. The monoisotopic (exact) mass is 251 g/mol. The van der Waals surface area contributed by atoms with E-state index in [9.17, 15) is 4.79 Å². The SMILES string of the molecule is COc1cc(C(=O)NC2CC2)ccc1OB(O)O. The van der Waals surface area contributed by atoms with Gasteiger partial charge < -0.3 is 24.8 Å². The van der Waals surface area contributed by atoms with Crippen LogP contribution >= 0.6 is 0 Å².